The minimum Gasteiger partial charge on any atom is -0.368 e. The number of benzene rings is 1. The van der Waals surface area contributed by atoms with Crippen molar-refractivity contribution >= 4 is 17.4 Å². The monoisotopic (exact) mass is 194 g/mol. The summed E-state index contributed by atoms with van der Waals surface area (Å²) in [4.78, 5) is 1.01. The van der Waals surface area contributed by atoms with E-state index in [1.54, 1.807) is 17.8 Å². The molecular weight excluding hydrogens is 187 g/mol. The molecule has 4 heteroatoms. The molecule has 1 unspecified atom stereocenters. The van der Waals surface area contributed by atoms with E-state index in [1.807, 2.05) is 0 Å². The Labute approximate surface area is 79.8 Å². The van der Waals surface area contributed by atoms with Gasteiger partial charge in [0.15, 0.2) is 0 Å². The molecule has 0 spiro atoms. The van der Waals surface area contributed by atoms with Gasteiger partial charge in [-0.15, -0.1) is 11.8 Å². The van der Waals surface area contributed by atoms with Crippen LogP contribution in [0, 0.1) is 17.1 Å². The molecule has 0 saturated carbocycles. The summed E-state index contributed by atoms with van der Waals surface area (Å²) >= 11 is 1.58. The van der Waals surface area contributed by atoms with Crippen LogP contribution >= 0.6 is 11.8 Å². The highest BCUT2D eigenvalue weighted by molar-refractivity contribution is 7.99. The van der Waals surface area contributed by atoms with Gasteiger partial charge in [-0.3, -0.25) is 0 Å². The zero-order valence-corrected chi connectivity index (χ0v) is 7.57. The molecule has 1 atom stereocenters. The van der Waals surface area contributed by atoms with Gasteiger partial charge in [0.25, 0.3) is 0 Å². The van der Waals surface area contributed by atoms with Gasteiger partial charge in [0, 0.05) is 10.6 Å². The summed E-state index contributed by atoms with van der Waals surface area (Å²) < 4.78 is 12.8. The largest absolute Gasteiger partial charge is 0.368 e. The fourth-order valence-corrected chi connectivity index (χ4v) is 2.15. The minimum absolute atomic E-state index is 0.209. The molecule has 1 aliphatic heterocycles. The first-order valence-electron chi connectivity index (χ1n) is 3.88. The van der Waals surface area contributed by atoms with Crippen molar-refractivity contribution in [3.8, 4) is 6.07 Å². The molecule has 0 radical (unpaired) electrons. The zero-order valence-electron chi connectivity index (χ0n) is 6.75. The number of rotatable bonds is 0. The number of nitrogens with zero attached hydrogens (tertiary/aromatic N) is 1. The van der Waals surface area contributed by atoms with E-state index in [0.717, 1.165) is 16.3 Å². The lowest BCUT2D eigenvalue weighted by Gasteiger charge is -2.21. The molecule has 0 fully saturated rings. The second-order valence-electron chi connectivity index (χ2n) is 2.78. The van der Waals surface area contributed by atoms with Crippen molar-refractivity contribution < 1.29 is 4.39 Å². The molecule has 66 valence electrons. The van der Waals surface area contributed by atoms with Crippen molar-refractivity contribution in [3.63, 3.8) is 0 Å². The van der Waals surface area contributed by atoms with Crippen molar-refractivity contribution in [2.75, 3.05) is 11.1 Å². The van der Waals surface area contributed by atoms with Gasteiger partial charge in [-0.2, -0.15) is 5.26 Å². The highest BCUT2D eigenvalue weighted by Gasteiger charge is 2.17. The van der Waals surface area contributed by atoms with Gasteiger partial charge in [-0.25, -0.2) is 4.39 Å². The second kappa shape index (κ2) is 3.27. The quantitative estimate of drug-likeness (QED) is 0.688. The molecular formula is C9H7FN2S. The smallest absolute Gasteiger partial charge is 0.125 e. The Balaban J connectivity index is 2.34. The average Bonchev–Trinajstić information content (AvgIpc) is 2.16. The van der Waals surface area contributed by atoms with Crippen molar-refractivity contribution in [1.29, 1.82) is 5.26 Å². The number of hydrogen-bond acceptors (Lipinski definition) is 3. The standard InChI is InChI=1S/C9H7FN2S/c10-6-1-2-9-8(3-6)12-7(4-11)5-13-9/h1-3,7,12H,5H2. The average molecular weight is 194 g/mol. The van der Waals surface area contributed by atoms with Crippen molar-refractivity contribution in [3.05, 3.63) is 24.0 Å². The van der Waals surface area contributed by atoms with Crippen molar-refractivity contribution in [2.45, 2.75) is 10.9 Å². The second-order valence-corrected chi connectivity index (χ2v) is 3.84. The minimum atomic E-state index is -0.273. The van der Waals surface area contributed by atoms with Crippen LogP contribution in [0.25, 0.3) is 0 Å². The zero-order chi connectivity index (χ0) is 9.26. The van der Waals surface area contributed by atoms with E-state index >= 15 is 0 Å². The molecule has 0 amide bonds. The van der Waals surface area contributed by atoms with E-state index in [1.165, 1.54) is 12.1 Å². The van der Waals surface area contributed by atoms with E-state index in [4.69, 9.17) is 5.26 Å². The Kier molecular flexibility index (Phi) is 2.11. The summed E-state index contributed by atoms with van der Waals surface area (Å²) in [5.74, 6) is 0.445. The van der Waals surface area contributed by atoms with Crippen molar-refractivity contribution in [2.24, 2.45) is 0 Å². The van der Waals surface area contributed by atoms with Gasteiger partial charge >= 0.3 is 0 Å². The number of nitrogens with one attached hydrogen (secondary N) is 1. The first kappa shape index (κ1) is 8.39. The first-order valence-corrected chi connectivity index (χ1v) is 4.86. The number of fused-ring (bicyclic) bond motifs is 1. The third-order valence-corrected chi connectivity index (χ3v) is 3.00. The summed E-state index contributed by atoms with van der Waals surface area (Å²) in [6.07, 6.45) is 0. The molecule has 1 heterocycles. The molecule has 1 aromatic rings. The van der Waals surface area contributed by atoms with E-state index in [9.17, 15) is 4.39 Å². The van der Waals surface area contributed by atoms with Crippen LogP contribution < -0.4 is 5.32 Å². The Bertz CT molecular complexity index is 372. The molecule has 1 N–H and O–H groups in total. The maximum atomic E-state index is 12.8. The Morgan fingerprint density at radius 3 is 3.23 bits per heavy atom. The normalized spacial score (nSPS) is 19.8. The van der Waals surface area contributed by atoms with Gasteiger partial charge in [-0.1, -0.05) is 0 Å². The highest BCUT2D eigenvalue weighted by atomic mass is 32.2. The summed E-state index contributed by atoms with van der Waals surface area (Å²) in [6.45, 7) is 0. The van der Waals surface area contributed by atoms with Crippen LogP contribution in [-0.2, 0) is 0 Å². The van der Waals surface area contributed by atoms with Crippen LogP contribution in [0.15, 0.2) is 23.1 Å². The van der Waals surface area contributed by atoms with Crippen LogP contribution in [0.1, 0.15) is 0 Å². The highest BCUT2D eigenvalue weighted by Crippen LogP contribution is 2.33. The summed E-state index contributed by atoms with van der Waals surface area (Å²) in [5, 5.41) is 11.6. The Morgan fingerprint density at radius 2 is 2.46 bits per heavy atom. The third kappa shape index (κ3) is 1.61. The van der Waals surface area contributed by atoms with E-state index in [2.05, 4.69) is 11.4 Å². The van der Waals surface area contributed by atoms with E-state index in [0.29, 0.717) is 0 Å². The van der Waals surface area contributed by atoms with Crippen LogP contribution in [-0.4, -0.2) is 11.8 Å². The maximum Gasteiger partial charge on any atom is 0.125 e. The topological polar surface area (TPSA) is 35.8 Å². The van der Waals surface area contributed by atoms with E-state index < -0.39 is 0 Å². The molecule has 13 heavy (non-hydrogen) atoms. The Morgan fingerprint density at radius 1 is 1.62 bits per heavy atom. The van der Waals surface area contributed by atoms with Gasteiger partial charge in [-0.05, 0) is 18.2 Å². The first-order chi connectivity index (χ1) is 6.29. The fourth-order valence-electron chi connectivity index (χ4n) is 1.21. The summed E-state index contributed by atoms with van der Waals surface area (Å²) in [5.41, 5.74) is 0.725. The number of thioether (sulfide) groups is 1. The predicted molar refractivity (Wildman–Crippen MR) is 50.1 cm³/mol. The summed E-state index contributed by atoms with van der Waals surface area (Å²) in [6, 6.07) is 6.49. The van der Waals surface area contributed by atoms with Crippen LogP contribution in [0.4, 0.5) is 10.1 Å². The SMILES string of the molecule is N#CC1CSc2ccc(F)cc2N1. The lowest BCUT2D eigenvalue weighted by molar-refractivity contribution is 0.626. The molecule has 0 aromatic heterocycles. The van der Waals surface area contributed by atoms with Crippen LogP contribution in [0.2, 0.25) is 0 Å². The van der Waals surface area contributed by atoms with Crippen LogP contribution in [0.3, 0.4) is 0 Å². The molecule has 1 aromatic carbocycles. The van der Waals surface area contributed by atoms with Gasteiger partial charge in [0.2, 0.25) is 0 Å². The Hall–Kier alpha value is -1.21. The molecule has 2 rings (SSSR count). The summed E-state index contributed by atoms with van der Waals surface area (Å²) in [7, 11) is 0. The van der Waals surface area contributed by atoms with Gasteiger partial charge in [0.05, 0.1) is 11.8 Å². The maximum absolute atomic E-state index is 12.8. The molecule has 0 saturated heterocycles. The van der Waals surface area contributed by atoms with Gasteiger partial charge in [0.1, 0.15) is 11.9 Å². The molecule has 1 aliphatic rings. The predicted octanol–water partition coefficient (Wildman–Crippen LogP) is 2.24. The third-order valence-electron chi connectivity index (χ3n) is 1.83. The fraction of sp³-hybridized carbons (Fsp3) is 0.222. The van der Waals surface area contributed by atoms with Gasteiger partial charge < -0.3 is 5.32 Å². The molecule has 0 bridgehead atoms. The van der Waals surface area contributed by atoms with Crippen LogP contribution in [0.5, 0.6) is 0 Å². The number of nitriles is 1. The van der Waals surface area contributed by atoms with E-state index in [-0.39, 0.29) is 11.9 Å². The lowest BCUT2D eigenvalue weighted by atomic mass is 10.2. The number of halogens is 1. The number of hydrogen-bond donors (Lipinski definition) is 1. The van der Waals surface area contributed by atoms with Crippen molar-refractivity contribution in [1.82, 2.24) is 0 Å². The lowest BCUT2D eigenvalue weighted by Crippen LogP contribution is -2.23. The number of anilines is 1. The molecule has 2 nitrogen and oxygen atoms in total. The molecule has 0 aliphatic carbocycles.